The highest BCUT2D eigenvalue weighted by atomic mass is 31.1. The molecule has 1 aromatic carbocycles. The summed E-state index contributed by atoms with van der Waals surface area (Å²) in [6.45, 7) is 2.07. The predicted molar refractivity (Wildman–Crippen MR) is 111 cm³/mol. The quantitative estimate of drug-likeness (QED) is 0.599. The Kier molecular flexibility index (Phi) is 4.98. The van der Waals surface area contributed by atoms with E-state index in [0.717, 1.165) is 22.5 Å². The molecule has 0 aliphatic heterocycles. The minimum Gasteiger partial charge on any atom is -0.452 e. The van der Waals surface area contributed by atoms with Crippen molar-refractivity contribution in [2.24, 2.45) is 0 Å². The summed E-state index contributed by atoms with van der Waals surface area (Å²) in [4.78, 5) is 4.31. The molecule has 2 heterocycles. The highest BCUT2D eigenvalue weighted by molar-refractivity contribution is 7.39. The van der Waals surface area contributed by atoms with E-state index in [9.17, 15) is 4.39 Å². The molecule has 0 saturated carbocycles. The third-order valence-electron chi connectivity index (χ3n) is 3.47. The Morgan fingerprint density at radius 2 is 1.62 bits per heavy atom. The fraction of sp³-hybridized carbons (Fsp3) is 0.188. The SMILES string of the molecule is CC(P)(P)c1ncc2ccc(-c3ccc(OC(F)(P)P)cc3)cn12. The molecule has 126 valence electrons. The molecule has 4 unspecified atom stereocenters. The molecule has 0 N–H and O–H groups in total. The minimum absolute atomic E-state index is 0.204. The van der Waals surface area contributed by atoms with Crippen LogP contribution in [0.3, 0.4) is 0 Å². The van der Waals surface area contributed by atoms with Gasteiger partial charge in [-0.05, 0) is 54.7 Å². The minimum atomic E-state index is -1.85. The van der Waals surface area contributed by atoms with Crippen LogP contribution in [-0.4, -0.2) is 14.7 Å². The molecule has 4 atom stereocenters. The van der Waals surface area contributed by atoms with Crippen molar-refractivity contribution in [3.8, 4) is 16.9 Å². The Bertz CT molecular complexity index is 866. The average molecular weight is 398 g/mol. The van der Waals surface area contributed by atoms with Crippen molar-refractivity contribution in [1.29, 1.82) is 0 Å². The van der Waals surface area contributed by atoms with Gasteiger partial charge < -0.3 is 9.14 Å². The normalized spacial score (nSPS) is 12.6. The summed E-state index contributed by atoms with van der Waals surface area (Å²) in [7, 11) is 9.55. The average Bonchev–Trinajstić information content (AvgIpc) is 2.89. The van der Waals surface area contributed by atoms with Crippen LogP contribution in [0.5, 0.6) is 5.75 Å². The Morgan fingerprint density at radius 1 is 1.00 bits per heavy atom. The maximum absolute atomic E-state index is 13.5. The zero-order valence-electron chi connectivity index (χ0n) is 13.1. The van der Waals surface area contributed by atoms with Crippen molar-refractivity contribution in [2.75, 3.05) is 0 Å². The van der Waals surface area contributed by atoms with Crippen LogP contribution in [0.4, 0.5) is 4.39 Å². The summed E-state index contributed by atoms with van der Waals surface area (Å²) in [5.41, 5.74) is 3.11. The molecule has 0 bridgehead atoms. The summed E-state index contributed by atoms with van der Waals surface area (Å²) in [5, 5.41) is -1.85. The Labute approximate surface area is 150 Å². The first-order chi connectivity index (χ1) is 11.1. The van der Waals surface area contributed by atoms with E-state index in [-0.39, 0.29) is 4.90 Å². The Hall–Kier alpha value is -0.640. The molecule has 0 spiro atoms. The van der Waals surface area contributed by atoms with Gasteiger partial charge in [0.1, 0.15) is 11.6 Å². The van der Waals surface area contributed by atoms with Crippen molar-refractivity contribution in [2.45, 2.75) is 17.2 Å². The van der Waals surface area contributed by atoms with E-state index < -0.39 is 5.34 Å². The predicted octanol–water partition coefficient (Wildman–Crippen LogP) is 4.63. The first kappa shape index (κ1) is 18.2. The highest BCUT2D eigenvalue weighted by Gasteiger charge is 2.20. The number of hydrogen-bond donors (Lipinski definition) is 0. The van der Waals surface area contributed by atoms with Gasteiger partial charge in [0.15, 0.2) is 0 Å². The lowest BCUT2D eigenvalue weighted by molar-refractivity contribution is 0.117. The van der Waals surface area contributed by atoms with Gasteiger partial charge >= 0.3 is 0 Å². The van der Waals surface area contributed by atoms with Gasteiger partial charge in [-0.25, -0.2) is 4.98 Å². The Balaban J connectivity index is 1.97. The highest BCUT2D eigenvalue weighted by Crippen LogP contribution is 2.38. The monoisotopic (exact) mass is 398 g/mol. The number of alkyl halides is 1. The number of aromatic nitrogens is 2. The maximum atomic E-state index is 13.5. The van der Waals surface area contributed by atoms with Crippen molar-refractivity contribution in [3.05, 3.63) is 54.6 Å². The van der Waals surface area contributed by atoms with Crippen LogP contribution >= 0.6 is 37.0 Å². The number of imidazole rings is 1. The molecule has 2 aromatic heterocycles. The summed E-state index contributed by atoms with van der Waals surface area (Å²) in [5.74, 6) is 1.42. The van der Waals surface area contributed by atoms with Crippen LogP contribution in [0.2, 0.25) is 0 Å². The number of hydrogen-bond acceptors (Lipinski definition) is 2. The standard InChI is InChI=1S/C16H19FN2OP4/c1-15(21,22)14-18-8-12-5-2-11(9-19(12)14)10-3-6-13(7-4-10)20-16(17,23)24/h2-9H,21-24H2,1H3. The van der Waals surface area contributed by atoms with E-state index in [1.807, 2.05) is 48.9 Å². The third-order valence-corrected chi connectivity index (χ3v) is 4.22. The van der Waals surface area contributed by atoms with E-state index in [2.05, 4.69) is 41.0 Å². The molecule has 0 aliphatic carbocycles. The molecule has 0 saturated heterocycles. The number of pyridine rings is 1. The molecule has 0 amide bonds. The largest absolute Gasteiger partial charge is 0.452 e. The van der Waals surface area contributed by atoms with E-state index in [1.54, 1.807) is 12.1 Å². The second-order valence-corrected chi connectivity index (χ2v) is 11.2. The van der Waals surface area contributed by atoms with Crippen LogP contribution in [-0.2, 0) is 4.90 Å². The number of nitrogens with zero attached hydrogens (tertiary/aromatic N) is 2. The maximum Gasteiger partial charge on any atom is 0.270 e. The molecule has 3 nitrogen and oxygen atoms in total. The van der Waals surface area contributed by atoms with Crippen molar-refractivity contribution >= 4 is 42.5 Å². The smallest absolute Gasteiger partial charge is 0.270 e. The van der Waals surface area contributed by atoms with Gasteiger partial charge in [0, 0.05) is 6.20 Å². The lowest BCUT2D eigenvalue weighted by Crippen LogP contribution is -2.12. The molecule has 0 radical (unpaired) electrons. The van der Waals surface area contributed by atoms with Crippen molar-refractivity contribution in [1.82, 2.24) is 9.38 Å². The molecule has 0 aliphatic rings. The summed E-state index contributed by atoms with van der Waals surface area (Å²) < 4.78 is 20.7. The zero-order chi connectivity index (χ0) is 17.5. The third kappa shape index (κ3) is 4.12. The number of halogens is 1. The molecular formula is C16H19FN2OP4. The summed E-state index contributed by atoms with van der Waals surface area (Å²) >= 11 is 0. The first-order valence-corrected chi connectivity index (χ1v) is 9.56. The lowest BCUT2D eigenvalue weighted by Gasteiger charge is -2.17. The van der Waals surface area contributed by atoms with Gasteiger partial charge in [-0.2, -0.15) is 4.39 Å². The summed E-state index contributed by atoms with van der Waals surface area (Å²) in [6, 6.07) is 11.4. The van der Waals surface area contributed by atoms with E-state index in [0.29, 0.717) is 5.75 Å². The van der Waals surface area contributed by atoms with E-state index in [1.165, 1.54) is 0 Å². The van der Waals surface area contributed by atoms with E-state index >= 15 is 0 Å². The Morgan fingerprint density at radius 3 is 2.21 bits per heavy atom. The van der Waals surface area contributed by atoms with Gasteiger partial charge in [0.25, 0.3) is 5.34 Å². The van der Waals surface area contributed by atoms with Crippen molar-refractivity contribution < 1.29 is 9.13 Å². The van der Waals surface area contributed by atoms with Gasteiger partial charge in [0.05, 0.1) is 16.6 Å². The second-order valence-electron chi connectivity index (χ2n) is 5.90. The van der Waals surface area contributed by atoms with E-state index in [4.69, 9.17) is 4.74 Å². The lowest BCUT2D eigenvalue weighted by atomic mass is 10.1. The number of rotatable bonds is 4. The molecule has 3 rings (SSSR count). The second kappa shape index (κ2) is 6.59. The van der Waals surface area contributed by atoms with Gasteiger partial charge in [0.2, 0.25) is 0 Å². The zero-order valence-corrected chi connectivity index (χ0v) is 17.7. The number of ether oxygens (including phenoxy) is 1. The van der Waals surface area contributed by atoms with Crippen LogP contribution < -0.4 is 4.74 Å². The van der Waals surface area contributed by atoms with Crippen LogP contribution in [0.1, 0.15) is 12.7 Å². The topological polar surface area (TPSA) is 26.5 Å². The molecular weight excluding hydrogens is 379 g/mol. The van der Waals surface area contributed by atoms with Crippen LogP contribution in [0.25, 0.3) is 16.6 Å². The fourth-order valence-corrected chi connectivity index (χ4v) is 3.16. The van der Waals surface area contributed by atoms with Crippen molar-refractivity contribution in [3.63, 3.8) is 0 Å². The molecule has 3 aromatic rings. The van der Waals surface area contributed by atoms with Gasteiger partial charge in [-0.3, -0.25) is 0 Å². The summed E-state index contributed by atoms with van der Waals surface area (Å²) in [6.07, 6.45) is 3.92. The molecule has 0 fully saturated rings. The molecule has 24 heavy (non-hydrogen) atoms. The van der Waals surface area contributed by atoms with Crippen LogP contribution in [0.15, 0.2) is 48.8 Å². The van der Waals surface area contributed by atoms with Crippen LogP contribution in [0, 0.1) is 0 Å². The number of benzene rings is 1. The van der Waals surface area contributed by atoms with Gasteiger partial charge in [-0.1, -0.05) is 18.2 Å². The first-order valence-electron chi connectivity index (χ1n) is 7.25. The van der Waals surface area contributed by atoms with Gasteiger partial charge in [-0.15, -0.1) is 18.5 Å². The number of fused-ring (bicyclic) bond motifs is 1. The fourth-order valence-electron chi connectivity index (χ4n) is 2.46. The molecule has 8 heteroatoms.